The first-order valence-electron chi connectivity index (χ1n) is 11.9. The van der Waals surface area contributed by atoms with Gasteiger partial charge in [-0.2, -0.15) is 0 Å². The van der Waals surface area contributed by atoms with Gasteiger partial charge in [-0.3, -0.25) is 14.4 Å². The normalized spacial score (nSPS) is 37.4. The molecular formula is C26H38O6. The molecule has 32 heavy (non-hydrogen) atoms. The SMILES string of the molecule is C=C1[C@H](OC(C)=O)CC[C@H](C)CCC2=C(C)[C@@H]3[C@H]1CC[C@]3(C)[C@@H](OC(C)=O)[C@@H]2OC(C)=O. The summed E-state index contributed by atoms with van der Waals surface area (Å²) in [6.45, 7) is 15.2. The zero-order valence-corrected chi connectivity index (χ0v) is 20.4. The number of carbonyl (C=O) groups is 3. The fourth-order valence-corrected chi connectivity index (χ4v) is 6.48. The van der Waals surface area contributed by atoms with E-state index in [0.717, 1.165) is 49.7 Å². The van der Waals surface area contributed by atoms with Crippen LogP contribution < -0.4 is 0 Å². The van der Waals surface area contributed by atoms with Crippen molar-refractivity contribution in [1.82, 2.24) is 0 Å². The minimum Gasteiger partial charge on any atom is -0.458 e. The summed E-state index contributed by atoms with van der Waals surface area (Å²) in [6.07, 6.45) is 3.63. The Hall–Kier alpha value is -2.11. The topological polar surface area (TPSA) is 78.9 Å². The molecule has 0 unspecified atom stereocenters. The molecular weight excluding hydrogens is 408 g/mol. The van der Waals surface area contributed by atoms with Crippen LogP contribution in [0.3, 0.4) is 0 Å². The van der Waals surface area contributed by atoms with Crippen molar-refractivity contribution in [1.29, 1.82) is 0 Å². The standard InChI is InChI=1S/C26H38O6/c1-14-8-10-21-16(3)23-20(15(2)22(11-9-14)30-17(4)27)12-13-26(23,7)25(32-19(6)29)24(21)31-18(5)28/h14,20,22-25H,2,8-13H2,1,3-7H3/t14-,20+,22-,23-,24-,25+,26+/m1/s1. The van der Waals surface area contributed by atoms with Crippen LogP contribution in [0.25, 0.3) is 0 Å². The Morgan fingerprint density at radius 2 is 1.56 bits per heavy atom. The van der Waals surface area contributed by atoms with Crippen molar-refractivity contribution >= 4 is 17.9 Å². The first-order valence-corrected chi connectivity index (χ1v) is 11.9. The highest BCUT2D eigenvalue weighted by Crippen LogP contribution is 2.60. The van der Waals surface area contributed by atoms with Crippen molar-refractivity contribution in [2.45, 2.75) is 98.4 Å². The van der Waals surface area contributed by atoms with Gasteiger partial charge in [-0.25, -0.2) is 0 Å². The summed E-state index contributed by atoms with van der Waals surface area (Å²) in [6, 6.07) is 0. The van der Waals surface area contributed by atoms with Crippen molar-refractivity contribution < 1.29 is 28.6 Å². The summed E-state index contributed by atoms with van der Waals surface area (Å²) in [5, 5.41) is 0. The van der Waals surface area contributed by atoms with E-state index in [1.54, 1.807) is 0 Å². The maximum Gasteiger partial charge on any atom is 0.303 e. The molecule has 1 saturated carbocycles. The zero-order chi connectivity index (χ0) is 23.8. The third-order valence-electron chi connectivity index (χ3n) is 7.96. The van der Waals surface area contributed by atoms with Crippen LogP contribution in [0.15, 0.2) is 23.3 Å². The van der Waals surface area contributed by atoms with Crippen LogP contribution in [0.5, 0.6) is 0 Å². The van der Waals surface area contributed by atoms with Crippen LogP contribution in [-0.4, -0.2) is 36.2 Å². The number of rotatable bonds is 3. The summed E-state index contributed by atoms with van der Waals surface area (Å²) in [5.41, 5.74) is 2.84. The zero-order valence-electron chi connectivity index (χ0n) is 20.4. The molecule has 2 bridgehead atoms. The molecule has 3 rings (SSSR count). The molecule has 3 aliphatic rings. The molecule has 178 valence electrons. The Bertz CT molecular complexity index is 826. The molecule has 0 spiro atoms. The molecule has 0 heterocycles. The van der Waals surface area contributed by atoms with Crippen LogP contribution >= 0.6 is 0 Å². The monoisotopic (exact) mass is 446 g/mol. The van der Waals surface area contributed by atoms with Gasteiger partial charge in [0.25, 0.3) is 0 Å². The number of carbonyl (C=O) groups excluding carboxylic acids is 3. The van der Waals surface area contributed by atoms with E-state index in [2.05, 4.69) is 27.4 Å². The van der Waals surface area contributed by atoms with Gasteiger partial charge < -0.3 is 14.2 Å². The Labute approximate surface area is 191 Å². The highest BCUT2D eigenvalue weighted by Gasteiger charge is 2.60. The van der Waals surface area contributed by atoms with Crippen LogP contribution in [0.4, 0.5) is 0 Å². The number of hydrogen-bond donors (Lipinski definition) is 0. The van der Waals surface area contributed by atoms with Gasteiger partial charge >= 0.3 is 17.9 Å². The number of hydrogen-bond acceptors (Lipinski definition) is 6. The van der Waals surface area contributed by atoms with E-state index in [0.29, 0.717) is 5.92 Å². The van der Waals surface area contributed by atoms with Gasteiger partial charge in [-0.1, -0.05) is 26.0 Å². The fourth-order valence-electron chi connectivity index (χ4n) is 6.48. The van der Waals surface area contributed by atoms with E-state index in [9.17, 15) is 14.4 Å². The lowest BCUT2D eigenvalue weighted by Gasteiger charge is -2.49. The molecule has 3 aliphatic carbocycles. The molecule has 0 N–H and O–H groups in total. The van der Waals surface area contributed by atoms with Crippen LogP contribution in [0, 0.1) is 23.2 Å². The largest absolute Gasteiger partial charge is 0.458 e. The van der Waals surface area contributed by atoms with E-state index in [-0.39, 0.29) is 35.8 Å². The molecule has 0 radical (unpaired) electrons. The summed E-state index contributed by atoms with van der Waals surface area (Å²) in [7, 11) is 0. The smallest absolute Gasteiger partial charge is 0.303 e. The molecule has 0 aromatic heterocycles. The van der Waals surface area contributed by atoms with Crippen molar-refractivity contribution in [3.05, 3.63) is 23.3 Å². The maximum absolute atomic E-state index is 12.1. The lowest BCUT2D eigenvalue weighted by atomic mass is 9.61. The van der Waals surface area contributed by atoms with Crippen molar-refractivity contribution in [3.63, 3.8) is 0 Å². The second-order valence-corrected chi connectivity index (χ2v) is 10.3. The second kappa shape index (κ2) is 9.40. The minimum atomic E-state index is -0.568. The summed E-state index contributed by atoms with van der Waals surface area (Å²) in [4.78, 5) is 36.0. The molecule has 0 aliphatic heterocycles. The third kappa shape index (κ3) is 4.65. The average molecular weight is 447 g/mol. The first kappa shape index (κ1) is 24.5. The molecule has 7 atom stereocenters. The fraction of sp³-hybridized carbons (Fsp3) is 0.731. The Morgan fingerprint density at radius 1 is 0.938 bits per heavy atom. The van der Waals surface area contributed by atoms with Gasteiger partial charge in [0, 0.05) is 26.2 Å². The van der Waals surface area contributed by atoms with E-state index >= 15 is 0 Å². The van der Waals surface area contributed by atoms with Crippen molar-refractivity contribution in [2.24, 2.45) is 23.2 Å². The third-order valence-corrected chi connectivity index (χ3v) is 7.96. The Kier molecular flexibility index (Phi) is 7.21. The first-order chi connectivity index (χ1) is 15.0. The summed E-state index contributed by atoms with van der Waals surface area (Å²) >= 11 is 0. The predicted molar refractivity (Wildman–Crippen MR) is 120 cm³/mol. The number of ether oxygens (including phenoxy) is 3. The molecule has 0 saturated heterocycles. The van der Waals surface area contributed by atoms with E-state index in [4.69, 9.17) is 14.2 Å². The number of allylic oxidation sites excluding steroid dienone is 1. The minimum absolute atomic E-state index is 0.0904. The number of esters is 3. The highest BCUT2D eigenvalue weighted by atomic mass is 16.6. The van der Waals surface area contributed by atoms with Gasteiger partial charge in [-0.15, -0.1) is 0 Å². The van der Waals surface area contributed by atoms with Crippen LogP contribution in [-0.2, 0) is 28.6 Å². The van der Waals surface area contributed by atoms with Crippen molar-refractivity contribution in [2.75, 3.05) is 0 Å². The molecule has 0 aromatic carbocycles. The quantitative estimate of drug-likeness (QED) is 0.348. The van der Waals surface area contributed by atoms with Gasteiger partial charge in [-0.05, 0) is 74.3 Å². The van der Waals surface area contributed by atoms with Gasteiger partial charge in [0.05, 0.1) is 0 Å². The van der Waals surface area contributed by atoms with Crippen molar-refractivity contribution in [3.8, 4) is 0 Å². The Morgan fingerprint density at radius 3 is 2.16 bits per heavy atom. The maximum atomic E-state index is 12.1. The molecule has 0 aromatic rings. The van der Waals surface area contributed by atoms with E-state index in [1.165, 1.54) is 26.3 Å². The highest BCUT2D eigenvalue weighted by molar-refractivity contribution is 5.68. The van der Waals surface area contributed by atoms with Crippen LogP contribution in [0.1, 0.15) is 80.1 Å². The van der Waals surface area contributed by atoms with Gasteiger partial charge in [0.2, 0.25) is 0 Å². The van der Waals surface area contributed by atoms with Gasteiger partial charge in [0.15, 0.2) is 6.10 Å². The van der Waals surface area contributed by atoms with E-state index < -0.39 is 17.6 Å². The lowest BCUT2D eigenvalue weighted by molar-refractivity contribution is -0.177. The van der Waals surface area contributed by atoms with Gasteiger partial charge in [0.1, 0.15) is 12.2 Å². The summed E-state index contributed by atoms with van der Waals surface area (Å²) in [5.74, 6) is -0.424. The predicted octanol–water partition coefficient (Wildman–Crippen LogP) is 4.91. The van der Waals surface area contributed by atoms with E-state index in [1.807, 2.05) is 0 Å². The second-order valence-electron chi connectivity index (χ2n) is 10.3. The molecule has 6 heteroatoms. The average Bonchev–Trinajstić information content (AvgIpc) is 3.04. The molecule has 1 fully saturated rings. The molecule has 6 nitrogen and oxygen atoms in total. The lowest BCUT2D eigenvalue weighted by Crippen LogP contribution is -2.53. The summed E-state index contributed by atoms with van der Waals surface area (Å²) < 4.78 is 17.5. The molecule has 0 amide bonds. The van der Waals surface area contributed by atoms with Crippen LogP contribution in [0.2, 0.25) is 0 Å². The Balaban J connectivity index is 2.14.